The summed E-state index contributed by atoms with van der Waals surface area (Å²) in [7, 11) is 0. The first-order valence-electron chi connectivity index (χ1n) is 8.65. The van der Waals surface area contributed by atoms with Crippen LogP contribution in [0.3, 0.4) is 0 Å². The van der Waals surface area contributed by atoms with Crippen LogP contribution in [0.25, 0.3) is 0 Å². The summed E-state index contributed by atoms with van der Waals surface area (Å²) in [6, 6.07) is 3.84. The van der Waals surface area contributed by atoms with Gasteiger partial charge in [-0.05, 0) is 31.4 Å². The fourth-order valence-electron chi connectivity index (χ4n) is 2.87. The second-order valence-electron chi connectivity index (χ2n) is 7.93. The van der Waals surface area contributed by atoms with Crippen LogP contribution >= 0.6 is 0 Å². The lowest BCUT2D eigenvalue weighted by molar-refractivity contribution is 0.0945. The molecule has 1 amide bonds. The van der Waals surface area contributed by atoms with Crippen LogP contribution in [0.2, 0.25) is 0 Å². The summed E-state index contributed by atoms with van der Waals surface area (Å²) in [5.74, 6) is 2.97. The van der Waals surface area contributed by atoms with Gasteiger partial charge in [-0.15, -0.1) is 0 Å². The highest BCUT2D eigenvalue weighted by molar-refractivity contribution is 5.94. The third-order valence-corrected chi connectivity index (χ3v) is 4.62. The van der Waals surface area contributed by atoms with E-state index in [4.69, 9.17) is 4.42 Å². The van der Waals surface area contributed by atoms with Crippen LogP contribution in [0.4, 0.5) is 0 Å². The Balaban J connectivity index is 1.71. The van der Waals surface area contributed by atoms with E-state index in [0.29, 0.717) is 29.1 Å². The minimum atomic E-state index is -0.440. The Kier molecular flexibility index (Phi) is 4.31. The van der Waals surface area contributed by atoms with Gasteiger partial charge in [-0.1, -0.05) is 27.7 Å². The smallest absolute Gasteiger partial charge is 0.264 e. The molecular weight excluding hydrogens is 318 g/mol. The number of amides is 1. The van der Waals surface area contributed by atoms with Crippen molar-refractivity contribution in [3.05, 3.63) is 51.1 Å². The number of furan rings is 1. The highest BCUT2D eigenvalue weighted by atomic mass is 16.3. The predicted molar refractivity (Wildman–Crippen MR) is 94.7 cm³/mol. The molecule has 1 aliphatic carbocycles. The molecule has 1 fully saturated rings. The third kappa shape index (κ3) is 3.67. The SMILES string of the molecule is Cc1nc(C(C)(C)C)[nH]c(=O)c1C(=O)NCc1ccc([C@@H]2C[C@@H]2C)o1. The quantitative estimate of drug-likeness (QED) is 0.893. The van der Waals surface area contributed by atoms with Crippen molar-refractivity contribution in [2.45, 2.75) is 58.9 Å². The molecule has 2 aromatic rings. The van der Waals surface area contributed by atoms with Gasteiger partial charge in [0.15, 0.2) is 0 Å². The Labute approximate surface area is 147 Å². The summed E-state index contributed by atoms with van der Waals surface area (Å²) in [6.45, 7) is 10.00. The van der Waals surface area contributed by atoms with Crippen molar-refractivity contribution >= 4 is 5.91 Å². The topological polar surface area (TPSA) is 88.0 Å². The van der Waals surface area contributed by atoms with Gasteiger partial charge in [-0.3, -0.25) is 9.59 Å². The van der Waals surface area contributed by atoms with Gasteiger partial charge in [0.1, 0.15) is 22.9 Å². The molecule has 1 aliphatic rings. The first kappa shape index (κ1) is 17.5. The number of aromatic amines is 1. The van der Waals surface area contributed by atoms with Crippen molar-refractivity contribution in [2.75, 3.05) is 0 Å². The minimum Gasteiger partial charge on any atom is -0.464 e. The molecule has 6 heteroatoms. The molecule has 2 aromatic heterocycles. The summed E-state index contributed by atoms with van der Waals surface area (Å²) < 4.78 is 5.77. The number of nitrogens with zero attached hydrogens (tertiary/aromatic N) is 1. The van der Waals surface area contributed by atoms with Gasteiger partial charge in [0.2, 0.25) is 0 Å². The van der Waals surface area contributed by atoms with Gasteiger partial charge >= 0.3 is 0 Å². The van der Waals surface area contributed by atoms with Crippen molar-refractivity contribution < 1.29 is 9.21 Å². The number of rotatable bonds is 4. The molecule has 0 bridgehead atoms. The maximum Gasteiger partial charge on any atom is 0.264 e. The van der Waals surface area contributed by atoms with E-state index in [9.17, 15) is 9.59 Å². The molecule has 0 aliphatic heterocycles. The monoisotopic (exact) mass is 343 g/mol. The summed E-state index contributed by atoms with van der Waals surface area (Å²) in [6.07, 6.45) is 1.15. The fourth-order valence-corrected chi connectivity index (χ4v) is 2.87. The Bertz CT molecular complexity index is 858. The van der Waals surface area contributed by atoms with Gasteiger partial charge < -0.3 is 14.7 Å². The molecule has 0 aromatic carbocycles. The Morgan fingerprint density at radius 1 is 1.40 bits per heavy atom. The van der Waals surface area contributed by atoms with Gasteiger partial charge in [-0.2, -0.15) is 0 Å². The van der Waals surface area contributed by atoms with Crippen molar-refractivity contribution in [3.8, 4) is 0 Å². The number of H-pyrrole nitrogens is 1. The number of nitrogens with one attached hydrogen (secondary N) is 2. The van der Waals surface area contributed by atoms with Crippen LogP contribution in [0.15, 0.2) is 21.3 Å². The molecule has 25 heavy (non-hydrogen) atoms. The average Bonchev–Trinajstić information content (AvgIpc) is 3.06. The molecule has 134 valence electrons. The van der Waals surface area contributed by atoms with E-state index >= 15 is 0 Å². The van der Waals surface area contributed by atoms with E-state index in [1.165, 1.54) is 0 Å². The number of carbonyl (C=O) groups is 1. The molecule has 3 rings (SSSR count). The van der Waals surface area contributed by atoms with Crippen LogP contribution < -0.4 is 10.9 Å². The van der Waals surface area contributed by atoms with Crippen molar-refractivity contribution in [1.82, 2.24) is 15.3 Å². The van der Waals surface area contributed by atoms with Crippen LogP contribution in [0.1, 0.15) is 73.4 Å². The third-order valence-electron chi connectivity index (χ3n) is 4.62. The summed E-state index contributed by atoms with van der Waals surface area (Å²) >= 11 is 0. The number of aryl methyl sites for hydroxylation is 1. The van der Waals surface area contributed by atoms with Crippen LogP contribution in [-0.4, -0.2) is 15.9 Å². The van der Waals surface area contributed by atoms with Crippen molar-refractivity contribution in [1.29, 1.82) is 0 Å². The fraction of sp³-hybridized carbons (Fsp3) is 0.526. The molecule has 0 spiro atoms. The van der Waals surface area contributed by atoms with Gasteiger partial charge in [0.05, 0.1) is 12.2 Å². The summed E-state index contributed by atoms with van der Waals surface area (Å²) in [5.41, 5.74) is -0.223. The first-order valence-corrected chi connectivity index (χ1v) is 8.65. The van der Waals surface area contributed by atoms with Gasteiger partial charge in [0, 0.05) is 11.3 Å². The van der Waals surface area contributed by atoms with Crippen LogP contribution in [0.5, 0.6) is 0 Å². The largest absolute Gasteiger partial charge is 0.464 e. The van der Waals surface area contributed by atoms with Crippen molar-refractivity contribution in [3.63, 3.8) is 0 Å². The van der Waals surface area contributed by atoms with E-state index in [0.717, 1.165) is 12.2 Å². The normalized spacial score (nSPS) is 19.7. The molecule has 6 nitrogen and oxygen atoms in total. The predicted octanol–water partition coefficient (Wildman–Crippen LogP) is 3.02. The van der Waals surface area contributed by atoms with E-state index < -0.39 is 11.5 Å². The van der Waals surface area contributed by atoms with E-state index in [1.54, 1.807) is 6.92 Å². The average molecular weight is 343 g/mol. The Morgan fingerprint density at radius 3 is 2.64 bits per heavy atom. The molecule has 2 atom stereocenters. The lowest BCUT2D eigenvalue weighted by Crippen LogP contribution is -2.33. The second-order valence-corrected chi connectivity index (χ2v) is 7.93. The zero-order chi connectivity index (χ0) is 18.4. The zero-order valence-electron chi connectivity index (χ0n) is 15.4. The highest BCUT2D eigenvalue weighted by Crippen LogP contribution is 2.47. The van der Waals surface area contributed by atoms with Gasteiger partial charge in [0.25, 0.3) is 11.5 Å². The number of hydrogen-bond acceptors (Lipinski definition) is 4. The van der Waals surface area contributed by atoms with E-state index in [1.807, 2.05) is 32.9 Å². The Morgan fingerprint density at radius 2 is 2.08 bits per heavy atom. The standard InChI is InChI=1S/C19H25N3O3/c1-10-8-13(10)14-7-6-12(25-14)9-20-16(23)15-11(2)21-18(19(3,4)5)22-17(15)24/h6-7,10,13H,8-9H2,1-5H3,(H,20,23)(H,21,22,24)/t10-,13+/m0/s1. The first-order chi connectivity index (χ1) is 11.7. The molecule has 0 unspecified atom stereocenters. The molecule has 0 radical (unpaired) electrons. The maximum absolute atomic E-state index is 12.4. The zero-order valence-corrected chi connectivity index (χ0v) is 15.4. The van der Waals surface area contributed by atoms with E-state index in [2.05, 4.69) is 22.2 Å². The summed E-state index contributed by atoms with van der Waals surface area (Å²) in [5, 5.41) is 2.75. The molecule has 2 heterocycles. The number of hydrogen-bond donors (Lipinski definition) is 2. The van der Waals surface area contributed by atoms with E-state index in [-0.39, 0.29) is 17.5 Å². The molecule has 0 saturated heterocycles. The molecule has 1 saturated carbocycles. The summed E-state index contributed by atoms with van der Waals surface area (Å²) in [4.78, 5) is 31.8. The van der Waals surface area contributed by atoms with Crippen molar-refractivity contribution in [2.24, 2.45) is 5.92 Å². The Hall–Kier alpha value is -2.37. The highest BCUT2D eigenvalue weighted by Gasteiger charge is 2.36. The maximum atomic E-state index is 12.4. The lowest BCUT2D eigenvalue weighted by Gasteiger charge is -2.18. The molecular formula is C19H25N3O3. The van der Waals surface area contributed by atoms with Crippen LogP contribution in [0, 0.1) is 12.8 Å². The van der Waals surface area contributed by atoms with Crippen LogP contribution in [-0.2, 0) is 12.0 Å². The molecule has 2 N–H and O–H groups in total. The number of carbonyl (C=O) groups excluding carboxylic acids is 1. The number of aromatic nitrogens is 2. The van der Waals surface area contributed by atoms with Gasteiger partial charge in [-0.25, -0.2) is 4.98 Å². The second kappa shape index (κ2) is 6.17. The lowest BCUT2D eigenvalue weighted by atomic mass is 9.95. The minimum absolute atomic E-state index is 0.0515.